The maximum atomic E-state index is 12.6. The lowest BCUT2D eigenvalue weighted by Gasteiger charge is -2.22. The number of hydrogen-bond donors (Lipinski definition) is 1. The van der Waals surface area contributed by atoms with Gasteiger partial charge in [0.2, 0.25) is 15.9 Å². The zero-order chi connectivity index (χ0) is 15.6. The van der Waals surface area contributed by atoms with Gasteiger partial charge in [0.1, 0.15) is 6.54 Å². The van der Waals surface area contributed by atoms with E-state index in [0.717, 1.165) is 18.4 Å². The van der Waals surface area contributed by atoms with Crippen molar-refractivity contribution in [3.05, 3.63) is 29.8 Å². The predicted octanol–water partition coefficient (Wildman–Crippen LogP) is 1.22. The van der Waals surface area contributed by atoms with Crippen LogP contribution in [0.1, 0.15) is 5.56 Å². The van der Waals surface area contributed by atoms with Crippen molar-refractivity contribution < 1.29 is 26.4 Å². The smallest absolute Gasteiger partial charge is 0.358 e. The standard InChI is InChI=1S/C11H13F3N2O3S/c1-15-10(17)7-16(20(2,18)19)9-5-3-4-8(6-9)11(12,13)14/h3-6H,7H2,1-2H3,(H,15,17). The van der Waals surface area contributed by atoms with E-state index in [9.17, 15) is 26.4 Å². The zero-order valence-corrected chi connectivity index (χ0v) is 11.5. The summed E-state index contributed by atoms with van der Waals surface area (Å²) in [6, 6.07) is 3.78. The van der Waals surface area contributed by atoms with Gasteiger partial charge in [-0.25, -0.2) is 8.42 Å². The van der Waals surface area contributed by atoms with Crippen molar-refractivity contribution in [2.45, 2.75) is 6.18 Å². The molecule has 1 amide bonds. The molecule has 0 aliphatic carbocycles. The van der Waals surface area contributed by atoms with Crippen LogP contribution < -0.4 is 9.62 Å². The Labute approximate surface area is 114 Å². The Kier molecular flexibility index (Phi) is 4.64. The number of anilines is 1. The summed E-state index contributed by atoms with van der Waals surface area (Å²) in [5.74, 6) is -0.632. The van der Waals surface area contributed by atoms with Crippen LogP contribution in [-0.2, 0) is 21.0 Å². The molecule has 5 nitrogen and oxygen atoms in total. The van der Waals surface area contributed by atoms with Gasteiger partial charge in [0, 0.05) is 7.05 Å². The number of carbonyl (C=O) groups is 1. The van der Waals surface area contributed by atoms with E-state index in [4.69, 9.17) is 0 Å². The molecule has 0 unspecified atom stereocenters. The Bertz CT molecular complexity index is 599. The molecule has 0 spiro atoms. The normalized spacial score (nSPS) is 12.1. The average Bonchev–Trinajstić information content (AvgIpc) is 2.33. The lowest BCUT2D eigenvalue weighted by Crippen LogP contribution is -2.39. The van der Waals surface area contributed by atoms with E-state index in [-0.39, 0.29) is 5.69 Å². The molecule has 0 atom stereocenters. The maximum Gasteiger partial charge on any atom is 0.416 e. The van der Waals surface area contributed by atoms with Gasteiger partial charge in [-0.2, -0.15) is 13.2 Å². The molecule has 0 saturated heterocycles. The largest absolute Gasteiger partial charge is 0.416 e. The molecular formula is C11H13F3N2O3S. The van der Waals surface area contributed by atoms with Crippen LogP contribution in [0, 0.1) is 0 Å². The van der Waals surface area contributed by atoms with Gasteiger partial charge >= 0.3 is 6.18 Å². The van der Waals surface area contributed by atoms with E-state index in [1.165, 1.54) is 13.1 Å². The second-order valence-corrected chi connectivity index (χ2v) is 5.90. The molecule has 0 fully saturated rings. The third kappa shape index (κ3) is 4.12. The molecule has 1 aromatic rings. The Balaban J connectivity index is 3.25. The Morgan fingerprint density at radius 3 is 2.40 bits per heavy atom. The molecule has 0 aromatic heterocycles. The van der Waals surface area contributed by atoms with Crippen molar-refractivity contribution in [1.82, 2.24) is 5.32 Å². The maximum absolute atomic E-state index is 12.6. The van der Waals surface area contributed by atoms with E-state index in [2.05, 4.69) is 5.32 Å². The highest BCUT2D eigenvalue weighted by atomic mass is 32.2. The predicted molar refractivity (Wildman–Crippen MR) is 67.7 cm³/mol. The monoisotopic (exact) mass is 310 g/mol. The molecule has 1 rings (SSSR count). The number of hydrogen-bond acceptors (Lipinski definition) is 3. The minimum absolute atomic E-state index is 0.217. The fourth-order valence-electron chi connectivity index (χ4n) is 1.45. The third-order valence-electron chi connectivity index (χ3n) is 2.43. The number of sulfonamides is 1. The van der Waals surface area contributed by atoms with Crippen LogP contribution >= 0.6 is 0 Å². The lowest BCUT2D eigenvalue weighted by molar-refractivity contribution is -0.137. The quantitative estimate of drug-likeness (QED) is 0.909. The number of likely N-dealkylation sites (N-methyl/N-ethyl adjacent to an activating group) is 1. The summed E-state index contributed by atoms with van der Waals surface area (Å²) in [6.07, 6.45) is -3.78. The first kappa shape index (κ1) is 16.3. The number of benzene rings is 1. The SMILES string of the molecule is CNC(=O)CN(c1cccc(C(F)(F)F)c1)S(C)(=O)=O. The number of carbonyl (C=O) groups excluding carboxylic acids is 1. The van der Waals surface area contributed by atoms with Crippen LogP contribution in [0.3, 0.4) is 0 Å². The molecule has 0 heterocycles. The average molecular weight is 310 g/mol. The van der Waals surface area contributed by atoms with Crippen molar-refractivity contribution in [2.24, 2.45) is 0 Å². The van der Waals surface area contributed by atoms with Gasteiger partial charge in [-0.3, -0.25) is 9.10 Å². The minimum atomic E-state index is -4.59. The fourth-order valence-corrected chi connectivity index (χ4v) is 2.30. The van der Waals surface area contributed by atoms with E-state index in [1.807, 2.05) is 0 Å². The van der Waals surface area contributed by atoms with Crippen molar-refractivity contribution in [3.63, 3.8) is 0 Å². The molecule has 20 heavy (non-hydrogen) atoms. The molecule has 1 aromatic carbocycles. The Morgan fingerprint density at radius 1 is 1.35 bits per heavy atom. The van der Waals surface area contributed by atoms with Gasteiger partial charge < -0.3 is 5.32 Å². The molecule has 0 saturated carbocycles. The number of rotatable bonds is 4. The summed E-state index contributed by atoms with van der Waals surface area (Å²) in [7, 11) is -2.58. The van der Waals surface area contributed by atoms with Gasteiger partial charge in [0.25, 0.3) is 0 Å². The summed E-state index contributed by atoms with van der Waals surface area (Å²) < 4.78 is 61.7. The fraction of sp³-hybridized carbons (Fsp3) is 0.364. The van der Waals surface area contributed by atoms with Gasteiger partial charge in [0.05, 0.1) is 17.5 Å². The Morgan fingerprint density at radius 2 is 1.95 bits per heavy atom. The highest BCUT2D eigenvalue weighted by Crippen LogP contribution is 2.32. The van der Waals surface area contributed by atoms with E-state index < -0.39 is 34.2 Å². The summed E-state index contributed by atoms with van der Waals surface area (Å²) in [5.41, 5.74) is -1.20. The second kappa shape index (κ2) is 5.70. The Hall–Kier alpha value is -1.77. The number of nitrogens with one attached hydrogen (secondary N) is 1. The molecular weight excluding hydrogens is 297 g/mol. The zero-order valence-electron chi connectivity index (χ0n) is 10.7. The van der Waals surface area contributed by atoms with Gasteiger partial charge in [0.15, 0.2) is 0 Å². The van der Waals surface area contributed by atoms with Crippen LogP contribution in [0.15, 0.2) is 24.3 Å². The van der Waals surface area contributed by atoms with Crippen LogP contribution in [-0.4, -0.2) is 34.2 Å². The van der Waals surface area contributed by atoms with Crippen molar-refractivity contribution in [1.29, 1.82) is 0 Å². The summed E-state index contributed by atoms with van der Waals surface area (Å²) in [4.78, 5) is 11.3. The molecule has 1 N–H and O–H groups in total. The van der Waals surface area contributed by atoms with Crippen molar-refractivity contribution in [3.8, 4) is 0 Å². The minimum Gasteiger partial charge on any atom is -0.358 e. The summed E-state index contributed by atoms with van der Waals surface area (Å²) >= 11 is 0. The molecule has 9 heteroatoms. The summed E-state index contributed by atoms with van der Waals surface area (Å²) in [6.45, 7) is -0.587. The number of alkyl halides is 3. The van der Waals surface area contributed by atoms with Crippen LogP contribution in [0.25, 0.3) is 0 Å². The van der Waals surface area contributed by atoms with Crippen LogP contribution in [0.4, 0.5) is 18.9 Å². The van der Waals surface area contributed by atoms with E-state index in [0.29, 0.717) is 10.4 Å². The first-order chi connectivity index (χ1) is 9.05. The lowest BCUT2D eigenvalue weighted by atomic mass is 10.2. The topological polar surface area (TPSA) is 66.5 Å². The molecule has 0 aliphatic rings. The molecule has 0 bridgehead atoms. The molecule has 0 radical (unpaired) electrons. The number of halogens is 3. The second-order valence-electron chi connectivity index (χ2n) is 3.99. The van der Waals surface area contributed by atoms with Crippen LogP contribution in [0.5, 0.6) is 0 Å². The molecule has 0 aliphatic heterocycles. The highest BCUT2D eigenvalue weighted by Gasteiger charge is 2.31. The third-order valence-corrected chi connectivity index (χ3v) is 3.57. The summed E-state index contributed by atoms with van der Waals surface area (Å²) in [5, 5.41) is 2.21. The van der Waals surface area contributed by atoms with Crippen molar-refractivity contribution in [2.75, 3.05) is 24.2 Å². The van der Waals surface area contributed by atoms with E-state index >= 15 is 0 Å². The van der Waals surface area contributed by atoms with Crippen molar-refractivity contribution >= 4 is 21.6 Å². The van der Waals surface area contributed by atoms with Gasteiger partial charge in [-0.05, 0) is 18.2 Å². The highest BCUT2D eigenvalue weighted by molar-refractivity contribution is 7.92. The first-order valence-electron chi connectivity index (χ1n) is 5.41. The number of nitrogens with zero attached hydrogens (tertiary/aromatic N) is 1. The van der Waals surface area contributed by atoms with E-state index in [1.54, 1.807) is 0 Å². The first-order valence-corrected chi connectivity index (χ1v) is 7.26. The number of amides is 1. The van der Waals surface area contributed by atoms with Gasteiger partial charge in [-0.1, -0.05) is 6.07 Å². The van der Waals surface area contributed by atoms with Gasteiger partial charge in [-0.15, -0.1) is 0 Å². The molecule has 112 valence electrons. The van der Waals surface area contributed by atoms with Crippen LogP contribution in [0.2, 0.25) is 0 Å².